The SMILES string of the molecule is CCOC(=O)C(C(=O)N(C)C1CCSC1)C(C)(C)C. The summed E-state index contributed by atoms with van der Waals surface area (Å²) in [6.45, 7) is 7.79. The summed E-state index contributed by atoms with van der Waals surface area (Å²) in [7, 11) is 1.80. The molecular weight excluding hydrogens is 262 g/mol. The molecule has 1 heterocycles. The Kier molecular flexibility index (Phi) is 5.71. The Labute approximate surface area is 120 Å². The molecule has 0 aromatic carbocycles. The third kappa shape index (κ3) is 4.13. The maximum absolute atomic E-state index is 12.6. The van der Waals surface area contributed by atoms with Gasteiger partial charge in [-0.3, -0.25) is 9.59 Å². The first-order valence-electron chi connectivity index (χ1n) is 6.80. The van der Waals surface area contributed by atoms with Crippen LogP contribution in [-0.2, 0) is 14.3 Å². The van der Waals surface area contributed by atoms with Gasteiger partial charge in [-0.2, -0.15) is 11.8 Å². The molecule has 0 aromatic heterocycles. The molecule has 1 fully saturated rings. The number of rotatable bonds is 4. The minimum atomic E-state index is -0.719. The van der Waals surface area contributed by atoms with Crippen LogP contribution in [0.3, 0.4) is 0 Å². The Morgan fingerprint density at radius 1 is 1.42 bits per heavy atom. The number of nitrogens with zero attached hydrogens (tertiary/aromatic N) is 1. The standard InChI is InChI=1S/C14H25NO3S/c1-6-18-13(17)11(14(2,3)4)12(16)15(5)10-7-8-19-9-10/h10-11H,6-9H2,1-5H3. The Hall–Kier alpha value is -0.710. The van der Waals surface area contributed by atoms with Gasteiger partial charge in [0.15, 0.2) is 0 Å². The number of amides is 1. The molecule has 0 aliphatic carbocycles. The van der Waals surface area contributed by atoms with E-state index in [4.69, 9.17) is 4.74 Å². The fourth-order valence-corrected chi connectivity index (χ4v) is 3.53. The number of esters is 1. The minimum Gasteiger partial charge on any atom is -0.465 e. The first-order valence-corrected chi connectivity index (χ1v) is 7.95. The molecule has 2 atom stereocenters. The molecule has 0 radical (unpaired) electrons. The first-order chi connectivity index (χ1) is 8.79. The fourth-order valence-electron chi connectivity index (χ4n) is 2.26. The van der Waals surface area contributed by atoms with Crippen LogP contribution in [0, 0.1) is 11.3 Å². The largest absolute Gasteiger partial charge is 0.465 e. The molecule has 1 saturated heterocycles. The summed E-state index contributed by atoms with van der Waals surface area (Å²) in [5.41, 5.74) is -0.427. The highest BCUT2D eigenvalue weighted by molar-refractivity contribution is 7.99. The van der Waals surface area contributed by atoms with E-state index in [1.165, 1.54) is 0 Å². The normalized spacial score (nSPS) is 21.0. The Morgan fingerprint density at radius 3 is 2.47 bits per heavy atom. The second-order valence-corrected chi connectivity index (χ2v) is 7.17. The molecule has 1 amide bonds. The summed E-state index contributed by atoms with van der Waals surface area (Å²) < 4.78 is 5.07. The third-order valence-corrected chi connectivity index (χ3v) is 4.58. The lowest BCUT2D eigenvalue weighted by Gasteiger charge is -2.33. The van der Waals surface area contributed by atoms with E-state index in [1.54, 1.807) is 18.9 Å². The van der Waals surface area contributed by atoms with Gasteiger partial charge in [-0.1, -0.05) is 20.8 Å². The van der Waals surface area contributed by atoms with Gasteiger partial charge in [0.25, 0.3) is 0 Å². The van der Waals surface area contributed by atoms with Gasteiger partial charge in [0.05, 0.1) is 6.61 Å². The van der Waals surface area contributed by atoms with Gasteiger partial charge in [-0.15, -0.1) is 0 Å². The minimum absolute atomic E-state index is 0.113. The molecule has 0 saturated carbocycles. The van der Waals surface area contributed by atoms with Gasteiger partial charge in [0, 0.05) is 18.8 Å². The van der Waals surface area contributed by atoms with E-state index in [2.05, 4.69) is 0 Å². The molecule has 19 heavy (non-hydrogen) atoms. The molecule has 5 heteroatoms. The summed E-state index contributed by atoms with van der Waals surface area (Å²) in [6.07, 6.45) is 1.01. The molecule has 1 aliphatic rings. The van der Waals surface area contributed by atoms with Crippen LogP contribution in [0.5, 0.6) is 0 Å². The highest BCUT2D eigenvalue weighted by Crippen LogP contribution is 2.31. The highest BCUT2D eigenvalue weighted by Gasteiger charge is 2.42. The second kappa shape index (κ2) is 6.64. The summed E-state index contributed by atoms with van der Waals surface area (Å²) in [5, 5.41) is 0. The molecule has 1 rings (SSSR count). The zero-order chi connectivity index (χ0) is 14.6. The molecular formula is C14H25NO3S. The average Bonchev–Trinajstić information content (AvgIpc) is 2.79. The molecule has 0 bridgehead atoms. The van der Waals surface area contributed by atoms with Crippen LogP contribution in [0.1, 0.15) is 34.1 Å². The summed E-state index contributed by atoms with van der Waals surface area (Å²) >= 11 is 1.86. The maximum Gasteiger partial charge on any atom is 0.319 e. The molecule has 0 aromatic rings. The summed E-state index contributed by atoms with van der Waals surface area (Å²) in [6, 6.07) is 0.247. The van der Waals surface area contributed by atoms with Crippen LogP contribution in [0.2, 0.25) is 0 Å². The fraction of sp³-hybridized carbons (Fsp3) is 0.857. The number of thioether (sulfide) groups is 1. The van der Waals surface area contributed by atoms with Crippen molar-refractivity contribution in [2.45, 2.75) is 40.2 Å². The highest BCUT2D eigenvalue weighted by atomic mass is 32.2. The van der Waals surface area contributed by atoms with Gasteiger partial charge >= 0.3 is 5.97 Å². The second-order valence-electron chi connectivity index (χ2n) is 6.02. The van der Waals surface area contributed by atoms with E-state index in [9.17, 15) is 9.59 Å². The van der Waals surface area contributed by atoms with Crippen molar-refractivity contribution < 1.29 is 14.3 Å². The van der Waals surface area contributed by atoms with Crippen molar-refractivity contribution in [2.75, 3.05) is 25.2 Å². The average molecular weight is 287 g/mol. The van der Waals surface area contributed by atoms with Gasteiger partial charge in [0.2, 0.25) is 5.91 Å². The molecule has 1 aliphatic heterocycles. The molecule has 0 spiro atoms. The van der Waals surface area contributed by atoms with Crippen molar-refractivity contribution >= 4 is 23.6 Å². The first kappa shape index (κ1) is 16.3. The van der Waals surface area contributed by atoms with Crippen LogP contribution in [0.4, 0.5) is 0 Å². The van der Waals surface area contributed by atoms with E-state index >= 15 is 0 Å². The van der Waals surface area contributed by atoms with Gasteiger partial charge in [0.1, 0.15) is 5.92 Å². The van der Waals surface area contributed by atoms with E-state index in [0.29, 0.717) is 6.61 Å². The lowest BCUT2D eigenvalue weighted by atomic mass is 9.79. The zero-order valence-corrected chi connectivity index (χ0v) is 13.4. The summed E-state index contributed by atoms with van der Waals surface area (Å²) in [4.78, 5) is 26.4. The molecule has 0 N–H and O–H groups in total. The van der Waals surface area contributed by atoms with Gasteiger partial charge < -0.3 is 9.64 Å². The van der Waals surface area contributed by atoms with Crippen LogP contribution >= 0.6 is 11.8 Å². The van der Waals surface area contributed by atoms with Crippen LogP contribution in [0.25, 0.3) is 0 Å². The Balaban J connectivity index is 2.84. The number of ether oxygens (including phenoxy) is 1. The predicted molar refractivity (Wildman–Crippen MR) is 78.1 cm³/mol. The van der Waals surface area contributed by atoms with Crippen LogP contribution in [0.15, 0.2) is 0 Å². The van der Waals surface area contributed by atoms with Crippen molar-refractivity contribution in [3.05, 3.63) is 0 Å². The molecule has 4 nitrogen and oxygen atoms in total. The summed E-state index contributed by atoms with van der Waals surface area (Å²) in [5.74, 6) is 0.808. The monoisotopic (exact) mass is 287 g/mol. The van der Waals surface area contributed by atoms with Crippen molar-refractivity contribution in [2.24, 2.45) is 11.3 Å². The van der Waals surface area contributed by atoms with Crippen LogP contribution < -0.4 is 0 Å². The number of hydrogen-bond acceptors (Lipinski definition) is 4. The number of hydrogen-bond donors (Lipinski definition) is 0. The van der Waals surface area contributed by atoms with Gasteiger partial charge in [-0.05, 0) is 24.5 Å². The molecule has 2 unspecified atom stereocenters. The van der Waals surface area contributed by atoms with Gasteiger partial charge in [-0.25, -0.2) is 0 Å². The lowest BCUT2D eigenvalue weighted by molar-refractivity contribution is -0.160. The molecule has 110 valence electrons. The zero-order valence-electron chi connectivity index (χ0n) is 12.6. The quantitative estimate of drug-likeness (QED) is 0.587. The third-order valence-electron chi connectivity index (χ3n) is 3.44. The van der Waals surface area contributed by atoms with E-state index < -0.39 is 17.3 Å². The van der Waals surface area contributed by atoms with E-state index in [1.807, 2.05) is 32.5 Å². The van der Waals surface area contributed by atoms with Crippen molar-refractivity contribution in [1.29, 1.82) is 0 Å². The predicted octanol–water partition coefficient (Wildman–Crippen LogP) is 2.18. The van der Waals surface area contributed by atoms with E-state index in [0.717, 1.165) is 17.9 Å². The van der Waals surface area contributed by atoms with Crippen molar-refractivity contribution in [3.8, 4) is 0 Å². The Bertz CT molecular complexity index is 332. The number of carbonyl (C=O) groups is 2. The van der Waals surface area contributed by atoms with Crippen molar-refractivity contribution in [3.63, 3.8) is 0 Å². The smallest absolute Gasteiger partial charge is 0.319 e. The lowest BCUT2D eigenvalue weighted by Crippen LogP contribution is -2.48. The maximum atomic E-state index is 12.6. The Morgan fingerprint density at radius 2 is 2.05 bits per heavy atom. The number of carbonyl (C=O) groups excluding carboxylic acids is 2. The van der Waals surface area contributed by atoms with E-state index in [-0.39, 0.29) is 11.9 Å². The topological polar surface area (TPSA) is 46.6 Å². The van der Waals surface area contributed by atoms with Crippen molar-refractivity contribution in [1.82, 2.24) is 4.90 Å². The van der Waals surface area contributed by atoms with Crippen LogP contribution in [-0.4, -0.2) is 48.0 Å².